The van der Waals surface area contributed by atoms with E-state index in [0.717, 1.165) is 19.6 Å². The lowest BCUT2D eigenvalue weighted by Gasteiger charge is -2.33. The molecule has 1 saturated heterocycles. The Bertz CT molecular complexity index is 197. The number of aliphatic hydroxyl groups is 1. The van der Waals surface area contributed by atoms with Crippen molar-refractivity contribution in [1.29, 1.82) is 0 Å². The lowest BCUT2D eigenvalue weighted by Crippen LogP contribution is -2.45. The summed E-state index contributed by atoms with van der Waals surface area (Å²) in [5, 5.41) is 13.3. The van der Waals surface area contributed by atoms with Gasteiger partial charge in [0.15, 0.2) is 0 Å². The van der Waals surface area contributed by atoms with Crippen molar-refractivity contribution in [2.24, 2.45) is 0 Å². The van der Waals surface area contributed by atoms with E-state index in [1.54, 1.807) is 7.11 Å². The number of nitrogens with one attached hydrogen (secondary N) is 1. The quantitative estimate of drug-likeness (QED) is 0.575. The van der Waals surface area contributed by atoms with Gasteiger partial charge >= 0.3 is 0 Å². The molecule has 2 N–H and O–H groups in total. The predicted octanol–water partition coefficient (Wildman–Crippen LogP) is 0.0842. The molecule has 18 heavy (non-hydrogen) atoms. The van der Waals surface area contributed by atoms with Gasteiger partial charge in [0.1, 0.15) is 0 Å². The van der Waals surface area contributed by atoms with Gasteiger partial charge in [0, 0.05) is 19.7 Å². The lowest BCUT2D eigenvalue weighted by atomic mass is 10.0. The molecule has 5 nitrogen and oxygen atoms in total. The van der Waals surface area contributed by atoms with Gasteiger partial charge in [-0.05, 0) is 32.5 Å². The number of nitrogens with zero attached hydrogens (tertiary/aromatic N) is 1. The SMILES string of the molecule is CCNC1CCN(CC(O)COCCOC)CC1. The highest BCUT2D eigenvalue weighted by atomic mass is 16.5. The Labute approximate surface area is 110 Å². The molecule has 1 unspecified atom stereocenters. The fourth-order valence-corrected chi connectivity index (χ4v) is 2.32. The maximum atomic E-state index is 9.85. The highest BCUT2D eigenvalue weighted by Crippen LogP contribution is 2.10. The number of hydrogen-bond acceptors (Lipinski definition) is 5. The molecule has 1 fully saturated rings. The Balaban J connectivity index is 2.05. The second kappa shape index (κ2) is 9.69. The summed E-state index contributed by atoms with van der Waals surface area (Å²) in [4.78, 5) is 2.32. The standard InChI is InChI=1S/C13H28N2O3/c1-3-14-12-4-6-15(7-5-12)10-13(16)11-18-9-8-17-2/h12-14,16H,3-11H2,1-2H3. The van der Waals surface area contributed by atoms with Crippen molar-refractivity contribution in [3.8, 4) is 0 Å². The largest absolute Gasteiger partial charge is 0.389 e. The smallest absolute Gasteiger partial charge is 0.0900 e. The first-order chi connectivity index (χ1) is 8.76. The molecule has 0 amide bonds. The topological polar surface area (TPSA) is 54.0 Å². The number of aliphatic hydroxyl groups excluding tert-OH is 1. The zero-order valence-electron chi connectivity index (χ0n) is 11.7. The van der Waals surface area contributed by atoms with Crippen LogP contribution < -0.4 is 5.32 Å². The molecular weight excluding hydrogens is 232 g/mol. The maximum Gasteiger partial charge on any atom is 0.0900 e. The number of hydrogen-bond donors (Lipinski definition) is 2. The normalized spacial score (nSPS) is 20.2. The minimum atomic E-state index is -0.391. The second-order valence-corrected chi connectivity index (χ2v) is 4.85. The maximum absolute atomic E-state index is 9.85. The molecule has 0 aromatic heterocycles. The first-order valence-electron chi connectivity index (χ1n) is 6.96. The van der Waals surface area contributed by atoms with Crippen LogP contribution in [0.3, 0.4) is 0 Å². The monoisotopic (exact) mass is 260 g/mol. The molecular formula is C13H28N2O3. The van der Waals surface area contributed by atoms with Crippen molar-refractivity contribution in [1.82, 2.24) is 10.2 Å². The Morgan fingerprint density at radius 2 is 2.06 bits per heavy atom. The average molecular weight is 260 g/mol. The molecule has 5 heteroatoms. The summed E-state index contributed by atoms with van der Waals surface area (Å²) < 4.78 is 10.2. The van der Waals surface area contributed by atoms with Gasteiger partial charge in [0.05, 0.1) is 25.9 Å². The molecule has 0 radical (unpaired) electrons. The van der Waals surface area contributed by atoms with E-state index < -0.39 is 6.10 Å². The third-order valence-electron chi connectivity index (χ3n) is 3.29. The fourth-order valence-electron chi connectivity index (χ4n) is 2.32. The van der Waals surface area contributed by atoms with Crippen LogP contribution in [-0.4, -0.2) is 75.3 Å². The van der Waals surface area contributed by atoms with Crippen LogP contribution >= 0.6 is 0 Å². The number of piperidine rings is 1. The number of ether oxygens (including phenoxy) is 2. The molecule has 0 aromatic carbocycles. The molecule has 0 bridgehead atoms. The summed E-state index contributed by atoms with van der Waals surface area (Å²) >= 11 is 0. The van der Waals surface area contributed by atoms with E-state index in [4.69, 9.17) is 9.47 Å². The van der Waals surface area contributed by atoms with Crippen molar-refractivity contribution >= 4 is 0 Å². The third-order valence-corrected chi connectivity index (χ3v) is 3.29. The first kappa shape index (κ1) is 15.9. The average Bonchev–Trinajstić information content (AvgIpc) is 2.37. The fraction of sp³-hybridized carbons (Fsp3) is 1.00. The highest BCUT2D eigenvalue weighted by Gasteiger charge is 2.20. The third kappa shape index (κ3) is 6.66. The number of β-amino-alcohol motifs (C(OH)–C–C–N with tert-alkyl or cyclic N) is 1. The summed E-state index contributed by atoms with van der Waals surface area (Å²) in [6.07, 6.45) is 1.95. The van der Waals surface area contributed by atoms with Crippen molar-refractivity contribution < 1.29 is 14.6 Å². The van der Waals surface area contributed by atoms with Crippen LogP contribution in [-0.2, 0) is 9.47 Å². The molecule has 1 aliphatic heterocycles. The van der Waals surface area contributed by atoms with Crippen molar-refractivity contribution in [3.05, 3.63) is 0 Å². The molecule has 1 aliphatic rings. The van der Waals surface area contributed by atoms with E-state index in [0.29, 0.717) is 32.4 Å². The van der Waals surface area contributed by atoms with Gasteiger partial charge in [-0.25, -0.2) is 0 Å². The van der Waals surface area contributed by atoms with Gasteiger partial charge in [-0.2, -0.15) is 0 Å². The summed E-state index contributed by atoms with van der Waals surface area (Å²) in [5.74, 6) is 0. The Morgan fingerprint density at radius 3 is 2.67 bits per heavy atom. The van der Waals surface area contributed by atoms with E-state index in [1.165, 1.54) is 12.8 Å². The van der Waals surface area contributed by atoms with Crippen LogP contribution in [0.25, 0.3) is 0 Å². The van der Waals surface area contributed by atoms with E-state index >= 15 is 0 Å². The Kier molecular flexibility index (Phi) is 8.54. The Morgan fingerprint density at radius 1 is 1.33 bits per heavy atom. The van der Waals surface area contributed by atoms with Crippen LogP contribution in [0.15, 0.2) is 0 Å². The lowest BCUT2D eigenvalue weighted by molar-refractivity contribution is -0.00367. The molecule has 0 aromatic rings. The summed E-state index contributed by atoms with van der Waals surface area (Å²) in [5.41, 5.74) is 0. The molecule has 1 heterocycles. The van der Waals surface area contributed by atoms with Gasteiger partial charge in [-0.3, -0.25) is 0 Å². The Hall–Kier alpha value is -0.200. The van der Waals surface area contributed by atoms with Crippen LogP contribution in [0.5, 0.6) is 0 Å². The van der Waals surface area contributed by atoms with Gasteiger partial charge in [0.25, 0.3) is 0 Å². The zero-order valence-corrected chi connectivity index (χ0v) is 11.7. The van der Waals surface area contributed by atoms with Gasteiger partial charge < -0.3 is 24.8 Å². The number of rotatable bonds is 9. The number of likely N-dealkylation sites (tertiary alicyclic amines) is 1. The summed E-state index contributed by atoms with van der Waals surface area (Å²) in [6.45, 7) is 7.56. The first-order valence-corrected chi connectivity index (χ1v) is 6.96. The van der Waals surface area contributed by atoms with Crippen LogP contribution in [0.2, 0.25) is 0 Å². The molecule has 108 valence electrons. The van der Waals surface area contributed by atoms with Gasteiger partial charge in [-0.15, -0.1) is 0 Å². The molecule has 0 saturated carbocycles. The van der Waals surface area contributed by atoms with Crippen molar-refractivity contribution in [2.75, 3.05) is 53.1 Å². The van der Waals surface area contributed by atoms with E-state index in [9.17, 15) is 5.11 Å². The van der Waals surface area contributed by atoms with Crippen LogP contribution in [0.1, 0.15) is 19.8 Å². The van der Waals surface area contributed by atoms with Gasteiger partial charge in [-0.1, -0.05) is 6.92 Å². The predicted molar refractivity (Wildman–Crippen MR) is 71.8 cm³/mol. The highest BCUT2D eigenvalue weighted by molar-refractivity contribution is 4.78. The second-order valence-electron chi connectivity index (χ2n) is 4.85. The van der Waals surface area contributed by atoms with E-state index in [2.05, 4.69) is 17.1 Å². The van der Waals surface area contributed by atoms with E-state index in [1.807, 2.05) is 0 Å². The van der Waals surface area contributed by atoms with Crippen molar-refractivity contribution in [2.45, 2.75) is 31.9 Å². The van der Waals surface area contributed by atoms with Crippen molar-refractivity contribution in [3.63, 3.8) is 0 Å². The van der Waals surface area contributed by atoms with Crippen LogP contribution in [0, 0.1) is 0 Å². The molecule has 1 atom stereocenters. The zero-order chi connectivity index (χ0) is 13.2. The summed E-state index contributed by atoms with van der Waals surface area (Å²) in [7, 11) is 1.65. The van der Waals surface area contributed by atoms with E-state index in [-0.39, 0.29) is 0 Å². The minimum absolute atomic E-state index is 0.391. The minimum Gasteiger partial charge on any atom is -0.389 e. The summed E-state index contributed by atoms with van der Waals surface area (Å²) in [6, 6.07) is 0.654. The molecule has 1 rings (SSSR count). The van der Waals surface area contributed by atoms with Crippen LogP contribution in [0.4, 0.5) is 0 Å². The molecule has 0 spiro atoms. The van der Waals surface area contributed by atoms with Gasteiger partial charge in [0.2, 0.25) is 0 Å². The number of methoxy groups -OCH3 is 1. The molecule has 0 aliphatic carbocycles.